The minimum absolute atomic E-state index is 0.0112. The second-order valence-electron chi connectivity index (χ2n) is 5.13. The highest BCUT2D eigenvalue weighted by molar-refractivity contribution is 5.92. The first-order valence-corrected chi connectivity index (χ1v) is 6.97. The molecule has 1 fully saturated rings. The van der Waals surface area contributed by atoms with Crippen LogP contribution in [-0.4, -0.2) is 53.9 Å². The monoisotopic (exact) mass is 289 g/mol. The standard InChI is InChI=1S/C15H19N3O3/c1-16-9-4-10-17(12-11-16)15(19)8-7-13-5-2-3-6-14(13)18(20)21/h2-3,5-8H,4,9-12H2,1H3/b8-7+. The van der Waals surface area contributed by atoms with E-state index in [9.17, 15) is 14.9 Å². The topological polar surface area (TPSA) is 66.7 Å². The summed E-state index contributed by atoms with van der Waals surface area (Å²) in [4.78, 5) is 26.6. The SMILES string of the molecule is CN1CCCN(C(=O)/C=C/c2ccccc2[N+](=O)[O-])CC1. The van der Waals surface area contributed by atoms with E-state index in [0.29, 0.717) is 12.1 Å². The van der Waals surface area contributed by atoms with E-state index in [1.165, 1.54) is 18.2 Å². The van der Waals surface area contributed by atoms with Crippen LogP contribution >= 0.6 is 0 Å². The molecule has 0 spiro atoms. The number of carbonyl (C=O) groups excluding carboxylic acids is 1. The molecule has 0 N–H and O–H groups in total. The van der Waals surface area contributed by atoms with Gasteiger partial charge in [0.2, 0.25) is 5.91 Å². The number of benzene rings is 1. The van der Waals surface area contributed by atoms with Gasteiger partial charge in [-0.3, -0.25) is 14.9 Å². The van der Waals surface area contributed by atoms with E-state index in [1.54, 1.807) is 23.1 Å². The average molecular weight is 289 g/mol. The molecule has 0 aromatic heterocycles. The summed E-state index contributed by atoms with van der Waals surface area (Å²) in [6.07, 6.45) is 3.89. The zero-order valence-electron chi connectivity index (χ0n) is 12.1. The van der Waals surface area contributed by atoms with Crippen LogP contribution in [0, 0.1) is 10.1 Å². The summed E-state index contributed by atoms with van der Waals surface area (Å²) in [5, 5.41) is 10.9. The molecule has 6 nitrogen and oxygen atoms in total. The van der Waals surface area contributed by atoms with Gasteiger partial charge >= 0.3 is 0 Å². The molecule has 1 heterocycles. The van der Waals surface area contributed by atoms with Gasteiger partial charge in [-0.15, -0.1) is 0 Å². The number of carbonyl (C=O) groups is 1. The lowest BCUT2D eigenvalue weighted by molar-refractivity contribution is -0.385. The van der Waals surface area contributed by atoms with Crippen LogP contribution in [0.1, 0.15) is 12.0 Å². The van der Waals surface area contributed by atoms with Gasteiger partial charge in [-0.1, -0.05) is 12.1 Å². The van der Waals surface area contributed by atoms with Gasteiger partial charge in [0.1, 0.15) is 0 Å². The molecule has 0 aliphatic carbocycles. The number of hydrogen-bond donors (Lipinski definition) is 0. The number of nitro benzene ring substituents is 1. The number of para-hydroxylation sites is 1. The molecule has 1 aliphatic heterocycles. The van der Waals surface area contributed by atoms with Gasteiger partial charge in [0, 0.05) is 31.8 Å². The molecule has 112 valence electrons. The van der Waals surface area contributed by atoms with Crippen molar-refractivity contribution >= 4 is 17.7 Å². The van der Waals surface area contributed by atoms with Gasteiger partial charge in [-0.2, -0.15) is 0 Å². The third-order valence-electron chi connectivity index (χ3n) is 3.57. The zero-order valence-corrected chi connectivity index (χ0v) is 12.1. The van der Waals surface area contributed by atoms with Crippen LogP contribution in [0.2, 0.25) is 0 Å². The second-order valence-corrected chi connectivity index (χ2v) is 5.13. The van der Waals surface area contributed by atoms with Gasteiger partial charge < -0.3 is 9.80 Å². The predicted octanol–water partition coefficient (Wildman–Crippen LogP) is 1.77. The number of hydrogen-bond acceptors (Lipinski definition) is 4. The van der Waals surface area contributed by atoms with E-state index in [-0.39, 0.29) is 11.6 Å². The first kappa shape index (κ1) is 15.2. The molecule has 0 radical (unpaired) electrons. The average Bonchev–Trinajstić information content (AvgIpc) is 2.69. The highest BCUT2D eigenvalue weighted by atomic mass is 16.6. The fraction of sp³-hybridized carbons (Fsp3) is 0.400. The van der Waals surface area contributed by atoms with Gasteiger partial charge in [0.15, 0.2) is 0 Å². The molecule has 1 amide bonds. The lowest BCUT2D eigenvalue weighted by atomic mass is 10.1. The van der Waals surface area contributed by atoms with Crippen molar-refractivity contribution in [3.05, 3.63) is 46.0 Å². The number of nitro groups is 1. The number of rotatable bonds is 3. The smallest absolute Gasteiger partial charge is 0.276 e. The fourth-order valence-electron chi connectivity index (χ4n) is 2.33. The van der Waals surface area contributed by atoms with Gasteiger partial charge in [-0.25, -0.2) is 0 Å². The van der Waals surface area contributed by atoms with Gasteiger partial charge in [-0.05, 0) is 32.2 Å². The van der Waals surface area contributed by atoms with Crippen molar-refractivity contribution in [2.45, 2.75) is 6.42 Å². The van der Waals surface area contributed by atoms with Crippen LogP contribution in [0.5, 0.6) is 0 Å². The Labute approximate surface area is 123 Å². The normalized spacial score (nSPS) is 16.9. The van der Waals surface area contributed by atoms with Gasteiger partial charge in [0.25, 0.3) is 5.69 Å². The number of nitrogens with zero attached hydrogens (tertiary/aromatic N) is 3. The number of amides is 1. The summed E-state index contributed by atoms with van der Waals surface area (Å²) >= 11 is 0. The fourth-order valence-corrected chi connectivity index (χ4v) is 2.33. The lowest BCUT2D eigenvalue weighted by Gasteiger charge is -2.18. The molecule has 0 saturated carbocycles. The van der Waals surface area contributed by atoms with Crippen LogP contribution in [0.15, 0.2) is 30.3 Å². The number of likely N-dealkylation sites (N-methyl/N-ethyl adjacent to an activating group) is 1. The first-order valence-electron chi connectivity index (χ1n) is 6.97. The largest absolute Gasteiger partial charge is 0.338 e. The summed E-state index contributed by atoms with van der Waals surface area (Å²) < 4.78 is 0. The van der Waals surface area contributed by atoms with E-state index in [4.69, 9.17) is 0 Å². The maximum atomic E-state index is 12.2. The minimum Gasteiger partial charge on any atom is -0.338 e. The third-order valence-corrected chi connectivity index (χ3v) is 3.57. The Hall–Kier alpha value is -2.21. The Kier molecular flexibility index (Phi) is 5.05. The van der Waals surface area contributed by atoms with Crippen molar-refractivity contribution in [3.63, 3.8) is 0 Å². The molecule has 6 heteroatoms. The molecule has 1 saturated heterocycles. The predicted molar refractivity (Wildman–Crippen MR) is 80.8 cm³/mol. The van der Waals surface area contributed by atoms with Crippen LogP contribution < -0.4 is 0 Å². The molecule has 1 aromatic rings. The third kappa shape index (κ3) is 4.13. The summed E-state index contributed by atoms with van der Waals surface area (Å²) in [6, 6.07) is 6.41. The van der Waals surface area contributed by atoms with Crippen molar-refractivity contribution in [2.24, 2.45) is 0 Å². The summed E-state index contributed by atoms with van der Waals surface area (Å²) in [5.74, 6) is -0.0940. The van der Waals surface area contributed by atoms with E-state index in [2.05, 4.69) is 4.90 Å². The lowest BCUT2D eigenvalue weighted by Crippen LogP contribution is -2.33. The van der Waals surface area contributed by atoms with E-state index < -0.39 is 4.92 Å². The molecular formula is C15H19N3O3. The van der Waals surface area contributed by atoms with Crippen molar-refractivity contribution in [2.75, 3.05) is 33.2 Å². The highest BCUT2D eigenvalue weighted by Gasteiger charge is 2.16. The van der Waals surface area contributed by atoms with Crippen LogP contribution in [0.4, 0.5) is 5.69 Å². The maximum absolute atomic E-state index is 12.2. The Morgan fingerprint density at radius 3 is 2.76 bits per heavy atom. The van der Waals surface area contributed by atoms with Gasteiger partial charge in [0.05, 0.1) is 10.5 Å². The summed E-state index contributed by atoms with van der Waals surface area (Å²) in [6.45, 7) is 3.25. The van der Waals surface area contributed by atoms with Crippen molar-refractivity contribution in [1.82, 2.24) is 9.80 Å². The van der Waals surface area contributed by atoms with Crippen LogP contribution in [-0.2, 0) is 4.79 Å². The second kappa shape index (κ2) is 6.99. The van der Waals surface area contributed by atoms with Crippen LogP contribution in [0.3, 0.4) is 0 Å². The molecule has 0 atom stereocenters. The molecule has 21 heavy (non-hydrogen) atoms. The first-order chi connectivity index (χ1) is 10.1. The van der Waals surface area contributed by atoms with E-state index >= 15 is 0 Å². The Bertz CT molecular complexity index is 557. The molecular weight excluding hydrogens is 270 g/mol. The van der Waals surface area contributed by atoms with E-state index in [1.807, 2.05) is 7.05 Å². The molecule has 1 aliphatic rings. The maximum Gasteiger partial charge on any atom is 0.276 e. The Morgan fingerprint density at radius 1 is 1.24 bits per heavy atom. The molecule has 2 rings (SSSR count). The van der Waals surface area contributed by atoms with Crippen LogP contribution in [0.25, 0.3) is 6.08 Å². The van der Waals surface area contributed by atoms with Crippen molar-refractivity contribution in [3.8, 4) is 0 Å². The Morgan fingerprint density at radius 2 is 2.00 bits per heavy atom. The molecule has 1 aromatic carbocycles. The molecule has 0 unspecified atom stereocenters. The minimum atomic E-state index is -0.439. The highest BCUT2D eigenvalue weighted by Crippen LogP contribution is 2.19. The Balaban J connectivity index is 2.07. The van der Waals surface area contributed by atoms with Crippen molar-refractivity contribution < 1.29 is 9.72 Å². The van der Waals surface area contributed by atoms with E-state index in [0.717, 1.165) is 26.1 Å². The quantitative estimate of drug-likeness (QED) is 0.483. The van der Waals surface area contributed by atoms with Crippen molar-refractivity contribution in [1.29, 1.82) is 0 Å². The summed E-state index contributed by atoms with van der Waals surface area (Å²) in [5.41, 5.74) is 0.458. The zero-order chi connectivity index (χ0) is 15.2. The summed E-state index contributed by atoms with van der Waals surface area (Å²) in [7, 11) is 2.04. The molecule has 0 bridgehead atoms.